The van der Waals surface area contributed by atoms with Gasteiger partial charge in [-0.1, -0.05) is 25.0 Å². The average Bonchev–Trinajstić information content (AvgIpc) is 2.82. The van der Waals surface area contributed by atoms with E-state index in [0.29, 0.717) is 12.5 Å². The molecule has 1 aromatic carbocycles. The van der Waals surface area contributed by atoms with Gasteiger partial charge in [-0.15, -0.1) is 0 Å². The van der Waals surface area contributed by atoms with Crippen LogP contribution < -0.4 is 4.74 Å². The highest BCUT2D eigenvalue weighted by atomic mass is 16.5. The largest absolute Gasteiger partial charge is 0.494 e. The van der Waals surface area contributed by atoms with Crippen molar-refractivity contribution in [2.75, 3.05) is 6.61 Å². The Bertz CT molecular complexity index is 329. The lowest BCUT2D eigenvalue weighted by Crippen LogP contribution is -2.08. The summed E-state index contributed by atoms with van der Waals surface area (Å²) in [7, 11) is 0. The van der Waals surface area contributed by atoms with Gasteiger partial charge in [-0.05, 0) is 43.4 Å². The van der Waals surface area contributed by atoms with Gasteiger partial charge >= 0.3 is 0 Å². The van der Waals surface area contributed by atoms with Crippen molar-refractivity contribution < 1.29 is 9.84 Å². The lowest BCUT2D eigenvalue weighted by Gasteiger charge is -2.18. The molecule has 88 valence electrons. The van der Waals surface area contributed by atoms with E-state index < -0.39 is 0 Å². The molecule has 16 heavy (non-hydrogen) atoms. The summed E-state index contributed by atoms with van der Waals surface area (Å²) in [5, 5.41) is 10.3. The molecule has 1 unspecified atom stereocenters. The molecule has 1 aliphatic rings. The van der Waals surface area contributed by atoms with Crippen LogP contribution in [0.25, 0.3) is 0 Å². The number of ether oxygens (including phenoxy) is 1. The second kappa shape index (κ2) is 5.35. The van der Waals surface area contributed by atoms with Crippen molar-refractivity contribution in [1.82, 2.24) is 0 Å². The SMILES string of the molecule is CCOc1cccc(C(O)C2CCCC2)c1. The molecule has 0 spiro atoms. The Kier molecular flexibility index (Phi) is 3.83. The molecule has 0 aromatic heterocycles. The maximum absolute atomic E-state index is 10.3. The number of hydrogen-bond acceptors (Lipinski definition) is 2. The Morgan fingerprint density at radius 1 is 1.38 bits per heavy atom. The summed E-state index contributed by atoms with van der Waals surface area (Å²) in [6, 6.07) is 7.85. The van der Waals surface area contributed by atoms with Crippen LogP contribution in [-0.2, 0) is 0 Å². The van der Waals surface area contributed by atoms with E-state index in [1.807, 2.05) is 31.2 Å². The van der Waals surface area contributed by atoms with Gasteiger partial charge in [-0.25, -0.2) is 0 Å². The average molecular weight is 220 g/mol. The molecule has 2 heteroatoms. The molecule has 1 aromatic rings. The molecule has 1 saturated carbocycles. The van der Waals surface area contributed by atoms with Crippen LogP contribution in [0.1, 0.15) is 44.3 Å². The van der Waals surface area contributed by atoms with Crippen molar-refractivity contribution in [2.24, 2.45) is 5.92 Å². The Morgan fingerprint density at radius 2 is 2.12 bits per heavy atom. The zero-order chi connectivity index (χ0) is 11.4. The lowest BCUT2D eigenvalue weighted by molar-refractivity contribution is 0.111. The molecule has 1 N–H and O–H groups in total. The van der Waals surface area contributed by atoms with Crippen LogP contribution in [0.15, 0.2) is 24.3 Å². The van der Waals surface area contributed by atoms with Crippen LogP contribution in [0.5, 0.6) is 5.75 Å². The maximum Gasteiger partial charge on any atom is 0.119 e. The van der Waals surface area contributed by atoms with Gasteiger partial charge in [-0.2, -0.15) is 0 Å². The van der Waals surface area contributed by atoms with Crippen molar-refractivity contribution in [2.45, 2.75) is 38.7 Å². The Hall–Kier alpha value is -1.02. The third-order valence-electron chi connectivity index (χ3n) is 3.36. The predicted molar refractivity (Wildman–Crippen MR) is 64.5 cm³/mol. The van der Waals surface area contributed by atoms with Crippen LogP contribution in [0.3, 0.4) is 0 Å². The first kappa shape index (κ1) is 11.5. The molecule has 0 heterocycles. The van der Waals surface area contributed by atoms with Gasteiger partial charge in [0.25, 0.3) is 0 Å². The zero-order valence-corrected chi connectivity index (χ0v) is 9.86. The summed E-state index contributed by atoms with van der Waals surface area (Å²) >= 11 is 0. The number of aliphatic hydroxyl groups is 1. The van der Waals surface area contributed by atoms with Crippen molar-refractivity contribution >= 4 is 0 Å². The van der Waals surface area contributed by atoms with Gasteiger partial charge in [0, 0.05) is 0 Å². The van der Waals surface area contributed by atoms with Gasteiger partial charge in [0.05, 0.1) is 12.7 Å². The standard InChI is InChI=1S/C14H20O2/c1-2-16-13-9-5-8-12(10-13)14(15)11-6-3-4-7-11/h5,8-11,14-15H,2-4,6-7H2,1H3. The highest BCUT2D eigenvalue weighted by Gasteiger charge is 2.24. The van der Waals surface area contributed by atoms with E-state index >= 15 is 0 Å². The zero-order valence-electron chi connectivity index (χ0n) is 9.86. The molecule has 1 fully saturated rings. The minimum atomic E-state index is -0.317. The summed E-state index contributed by atoms with van der Waals surface area (Å²) in [5.41, 5.74) is 0.998. The van der Waals surface area contributed by atoms with Crippen molar-refractivity contribution in [3.8, 4) is 5.75 Å². The van der Waals surface area contributed by atoms with Gasteiger partial charge in [0.2, 0.25) is 0 Å². The van der Waals surface area contributed by atoms with Crippen molar-refractivity contribution in [3.63, 3.8) is 0 Å². The Morgan fingerprint density at radius 3 is 2.81 bits per heavy atom. The first-order chi connectivity index (χ1) is 7.81. The Labute approximate surface area is 97.3 Å². The van der Waals surface area contributed by atoms with E-state index in [2.05, 4.69) is 0 Å². The smallest absolute Gasteiger partial charge is 0.119 e. The van der Waals surface area contributed by atoms with Gasteiger partial charge in [0.1, 0.15) is 5.75 Å². The number of aliphatic hydroxyl groups excluding tert-OH is 1. The normalized spacial score (nSPS) is 18.6. The molecule has 0 bridgehead atoms. The summed E-state index contributed by atoms with van der Waals surface area (Å²) < 4.78 is 5.45. The van der Waals surface area contributed by atoms with Crippen LogP contribution >= 0.6 is 0 Å². The van der Waals surface area contributed by atoms with Gasteiger partial charge in [0.15, 0.2) is 0 Å². The quantitative estimate of drug-likeness (QED) is 0.843. The van der Waals surface area contributed by atoms with E-state index in [0.717, 1.165) is 24.2 Å². The maximum atomic E-state index is 10.3. The molecule has 2 rings (SSSR count). The Balaban J connectivity index is 2.09. The molecule has 2 nitrogen and oxygen atoms in total. The van der Waals surface area contributed by atoms with Crippen LogP contribution in [0.2, 0.25) is 0 Å². The predicted octanol–water partition coefficient (Wildman–Crippen LogP) is 3.31. The van der Waals surface area contributed by atoms with Crippen molar-refractivity contribution in [1.29, 1.82) is 0 Å². The molecular weight excluding hydrogens is 200 g/mol. The second-order valence-corrected chi connectivity index (χ2v) is 4.49. The summed E-state index contributed by atoms with van der Waals surface area (Å²) in [4.78, 5) is 0. The topological polar surface area (TPSA) is 29.5 Å². The highest BCUT2D eigenvalue weighted by Crippen LogP contribution is 2.36. The van der Waals surface area contributed by atoms with E-state index in [9.17, 15) is 5.11 Å². The van der Waals surface area contributed by atoms with Crippen LogP contribution in [0.4, 0.5) is 0 Å². The number of rotatable bonds is 4. The fourth-order valence-corrected chi connectivity index (χ4v) is 2.50. The lowest BCUT2D eigenvalue weighted by atomic mass is 9.94. The summed E-state index contributed by atoms with van der Waals surface area (Å²) in [6.07, 6.45) is 4.50. The number of benzene rings is 1. The third kappa shape index (κ3) is 2.56. The van der Waals surface area contributed by atoms with Crippen LogP contribution in [0, 0.1) is 5.92 Å². The number of hydrogen-bond donors (Lipinski definition) is 1. The van der Waals surface area contributed by atoms with E-state index in [1.54, 1.807) is 0 Å². The monoisotopic (exact) mass is 220 g/mol. The van der Waals surface area contributed by atoms with E-state index in [-0.39, 0.29) is 6.10 Å². The molecule has 0 radical (unpaired) electrons. The van der Waals surface area contributed by atoms with Crippen LogP contribution in [-0.4, -0.2) is 11.7 Å². The first-order valence-corrected chi connectivity index (χ1v) is 6.22. The highest BCUT2D eigenvalue weighted by molar-refractivity contribution is 5.30. The summed E-state index contributed by atoms with van der Waals surface area (Å²) in [5.74, 6) is 1.30. The minimum absolute atomic E-state index is 0.317. The second-order valence-electron chi connectivity index (χ2n) is 4.49. The molecule has 1 atom stereocenters. The molecule has 0 amide bonds. The fourth-order valence-electron chi connectivity index (χ4n) is 2.50. The van der Waals surface area contributed by atoms with Gasteiger partial charge < -0.3 is 9.84 Å². The van der Waals surface area contributed by atoms with Gasteiger partial charge in [-0.3, -0.25) is 0 Å². The van der Waals surface area contributed by atoms with E-state index in [1.165, 1.54) is 12.8 Å². The molecular formula is C14H20O2. The molecule has 1 aliphatic carbocycles. The minimum Gasteiger partial charge on any atom is -0.494 e. The molecule has 0 aliphatic heterocycles. The van der Waals surface area contributed by atoms with Crippen molar-refractivity contribution in [3.05, 3.63) is 29.8 Å². The first-order valence-electron chi connectivity index (χ1n) is 6.22. The summed E-state index contributed by atoms with van der Waals surface area (Å²) in [6.45, 7) is 2.64. The van der Waals surface area contributed by atoms with E-state index in [4.69, 9.17) is 4.74 Å². The fraction of sp³-hybridized carbons (Fsp3) is 0.571. The molecule has 0 saturated heterocycles. The third-order valence-corrected chi connectivity index (χ3v) is 3.36.